The Morgan fingerprint density at radius 2 is 2.05 bits per heavy atom. The Hall–Kier alpha value is -2.11. The van der Waals surface area contributed by atoms with Crippen LogP contribution >= 0.6 is 0 Å². The monoisotopic (exact) mass is 266 g/mol. The molecule has 1 aromatic carbocycles. The predicted molar refractivity (Wildman–Crippen MR) is 72.3 cm³/mol. The van der Waals surface area contributed by atoms with E-state index in [4.69, 9.17) is 10.8 Å². The van der Waals surface area contributed by atoms with Gasteiger partial charge in [-0.15, -0.1) is 0 Å². The minimum absolute atomic E-state index is 0.134. The molecule has 104 valence electrons. The average molecular weight is 266 g/mol. The lowest BCUT2D eigenvalue weighted by Gasteiger charge is -2.08. The lowest BCUT2D eigenvalue weighted by molar-refractivity contribution is -0.384. The first-order valence-electron chi connectivity index (χ1n) is 6.27. The number of nitrogens with two attached hydrogens (primary N) is 1. The van der Waals surface area contributed by atoms with Gasteiger partial charge >= 0.3 is 5.97 Å². The van der Waals surface area contributed by atoms with Crippen molar-refractivity contribution in [1.82, 2.24) is 0 Å². The summed E-state index contributed by atoms with van der Waals surface area (Å²) in [5, 5.41) is 19.8. The number of aryl methyl sites for hydroxylation is 1. The summed E-state index contributed by atoms with van der Waals surface area (Å²) < 4.78 is 0. The zero-order valence-electron chi connectivity index (χ0n) is 10.9. The van der Waals surface area contributed by atoms with Crippen molar-refractivity contribution in [3.8, 4) is 0 Å². The molecule has 0 aliphatic heterocycles. The van der Waals surface area contributed by atoms with Crippen molar-refractivity contribution in [1.29, 1.82) is 0 Å². The number of rotatable bonds is 7. The standard InChI is InChI=1S/C13H18N2O4/c1-2-3-4-5-6-9-7-10(15(18)19)8-11(12(9)14)13(16)17/h7-8H,2-6,14H2,1H3,(H,16,17). The Morgan fingerprint density at radius 3 is 2.58 bits per heavy atom. The summed E-state index contributed by atoms with van der Waals surface area (Å²) in [6, 6.07) is 2.38. The molecule has 0 bridgehead atoms. The highest BCUT2D eigenvalue weighted by atomic mass is 16.6. The van der Waals surface area contributed by atoms with Gasteiger partial charge in [-0.3, -0.25) is 10.1 Å². The molecule has 0 unspecified atom stereocenters. The fourth-order valence-corrected chi connectivity index (χ4v) is 1.93. The smallest absolute Gasteiger partial charge is 0.338 e. The van der Waals surface area contributed by atoms with Gasteiger partial charge < -0.3 is 10.8 Å². The highest BCUT2D eigenvalue weighted by Crippen LogP contribution is 2.26. The lowest BCUT2D eigenvalue weighted by atomic mass is 10.0. The molecule has 3 N–H and O–H groups in total. The molecular weight excluding hydrogens is 248 g/mol. The molecule has 6 heteroatoms. The van der Waals surface area contributed by atoms with E-state index in [2.05, 4.69) is 6.92 Å². The van der Waals surface area contributed by atoms with Crippen molar-refractivity contribution >= 4 is 17.3 Å². The van der Waals surface area contributed by atoms with Crippen LogP contribution in [0.2, 0.25) is 0 Å². The van der Waals surface area contributed by atoms with Crippen LogP contribution in [-0.4, -0.2) is 16.0 Å². The lowest BCUT2D eigenvalue weighted by Crippen LogP contribution is -2.07. The number of nitrogen functional groups attached to an aromatic ring is 1. The molecule has 0 amide bonds. The molecule has 0 aliphatic rings. The molecule has 19 heavy (non-hydrogen) atoms. The van der Waals surface area contributed by atoms with Crippen LogP contribution in [0.5, 0.6) is 0 Å². The van der Waals surface area contributed by atoms with Gasteiger partial charge in [0.1, 0.15) is 0 Å². The number of hydrogen-bond donors (Lipinski definition) is 2. The molecule has 1 aromatic rings. The van der Waals surface area contributed by atoms with Crippen LogP contribution in [0.1, 0.15) is 48.5 Å². The summed E-state index contributed by atoms with van der Waals surface area (Å²) in [4.78, 5) is 21.2. The van der Waals surface area contributed by atoms with Gasteiger partial charge in [-0.2, -0.15) is 0 Å². The molecule has 0 saturated carbocycles. The van der Waals surface area contributed by atoms with Crippen molar-refractivity contribution in [2.45, 2.75) is 39.0 Å². The minimum atomic E-state index is -1.24. The van der Waals surface area contributed by atoms with Crippen molar-refractivity contribution in [2.24, 2.45) is 0 Å². The second kappa shape index (κ2) is 6.72. The molecule has 0 radical (unpaired) electrons. The van der Waals surface area contributed by atoms with E-state index >= 15 is 0 Å². The second-order valence-electron chi connectivity index (χ2n) is 4.44. The van der Waals surface area contributed by atoms with E-state index in [9.17, 15) is 14.9 Å². The topological polar surface area (TPSA) is 106 Å². The Morgan fingerprint density at radius 1 is 1.37 bits per heavy atom. The van der Waals surface area contributed by atoms with Gasteiger partial charge in [-0.1, -0.05) is 26.2 Å². The molecule has 0 saturated heterocycles. The van der Waals surface area contributed by atoms with Gasteiger partial charge in [0, 0.05) is 17.8 Å². The number of non-ortho nitro benzene ring substituents is 1. The van der Waals surface area contributed by atoms with Gasteiger partial charge in [0.15, 0.2) is 0 Å². The van der Waals surface area contributed by atoms with Crippen LogP contribution in [0.4, 0.5) is 11.4 Å². The van der Waals surface area contributed by atoms with Gasteiger partial charge in [-0.05, 0) is 18.4 Å². The van der Waals surface area contributed by atoms with Gasteiger partial charge in [0.25, 0.3) is 5.69 Å². The van der Waals surface area contributed by atoms with Crippen LogP contribution in [0.25, 0.3) is 0 Å². The molecular formula is C13H18N2O4. The van der Waals surface area contributed by atoms with E-state index in [0.717, 1.165) is 31.7 Å². The highest BCUT2D eigenvalue weighted by Gasteiger charge is 2.18. The summed E-state index contributed by atoms with van der Waals surface area (Å²) in [7, 11) is 0. The molecule has 6 nitrogen and oxygen atoms in total. The molecule has 0 aromatic heterocycles. The number of hydrogen-bond acceptors (Lipinski definition) is 4. The molecule has 0 spiro atoms. The van der Waals surface area contributed by atoms with E-state index in [1.54, 1.807) is 0 Å². The molecule has 0 atom stereocenters. The van der Waals surface area contributed by atoms with Crippen molar-refractivity contribution in [3.63, 3.8) is 0 Å². The number of nitro groups is 1. The molecule has 0 aliphatic carbocycles. The number of aromatic carboxylic acids is 1. The fraction of sp³-hybridized carbons (Fsp3) is 0.462. The van der Waals surface area contributed by atoms with E-state index in [-0.39, 0.29) is 16.9 Å². The number of anilines is 1. The number of carboxylic acids is 1. The minimum Gasteiger partial charge on any atom is -0.478 e. The summed E-state index contributed by atoms with van der Waals surface area (Å²) >= 11 is 0. The number of benzene rings is 1. The maximum atomic E-state index is 11.0. The van der Waals surface area contributed by atoms with Gasteiger partial charge in [0.2, 0.25) is 0 Å². The Labute approximate surface area is 111 Å². The third-order valence-corrected chi connectivity index (χ3v) is 2.99. The van der Waals surface area contributed by atoms with Gasteiger partial charge in [0.05, 0.1) is 10.5 Å². The maximum absolute atomic E-state index is 11.0. The van der Waals surface area contributed by atoms with Crippen LogP contribution in [0.15, 0.2) is 12.1 Å². The SMILES string of the molecule is CCCCCCc1cc([N+](=O)[O-])cc(C(=O)O)c1N. The molecule has 0 heterocycles. The normalized spacial score (nSPS) is 10.4. The molecule has 1 rings (SSSR count). The first kappa shape index (κ1) is 14.9. The molecule has 0 fully saturated rings. The largest absolute Gasteiger partial charge is 0.478 e. The zero-order chi connectivity index (χ0) is 14.4. The second-order valence-corrected chi connectivity index (χ2v) is 4.44. The number of carboxylic acid groups (broad SMARTS) is 1. The van der Waals surface area contributed by atoms with Crippen LogP contribution in [-0.2, 0) is 6.42 Å². The van der Waals surface area contributed by atoms with E-state index in [0.29, 0.717) is 12.0 Å². The third kappa shape index (κ3) is 3.94. The summed E-state index contributed by atoms with van der Waals surface area (Å²) in [5.41, 5.74) is 6.02. The van der Waals surface area contributed by atoms with Crippen LogP contribution < -0.4 is 5.73 Å². The first-order valence-corrected chi connectivity index (χ1v) is 6.27. The average Bonchev–Trinajstić information content (AvgIpc) is 2.35. The Bertz CT molecular complexity index is 486. The van der Waals surface area contributed by atoms with E-state index < -0.39 is 10.9 Å². The number of nitro benzene ring substituents is 1. The Balaban J connectivity index is 3.01. The number of carbonyl (C=O) groups is 1. The maximum Gasteiger partial charge on any atom is 0.338 e. The summed E-state index contributed by atoms with van der Waals surface area (Å²) in [6.45, 7) is 2.09. The number of unbranched alkanes of at least 4 members (excludes halogenated alkanes) is 3. The summed E-state index contributed by atoms with van der Waals surface area (Å²) in [6.07, 6.45) is 4.58. The third-order valence-electron chi connectivity index (χ3n) is 2.99. The zero-order valence-corrected chi connectivity index (χ0v) is 10.9. The summed E-state index contributed by atoms with van der Waals surface area (Å²) in [5.74, 6) is -1.24. The Kier molecular flexibility index (Phi) is 5.29. The first-order chi connectivity index (χ1) is 8.97. The van der Waals surface area contributed by atoms with Crippen molar-refractivity contribution < 1.29 is 14.8 Å². The predicted octanol–water partition coefficient (Wildman–Crippen LogP) is 3.00. The number of nitrogens with zero attached hydrogens (tertiary/aromatic N) is 1. The highest BCUT2D eigenvalue weighted by molar-refractivity contribution is 5.95. The van der Waals surface area contributed by atoms with Crippen LogP contribution in [0.3, 0.4) is 0 Å². The van der Waals surface area contributed by atoms with E-state index in [1.807, 2.05) is 0 Å². The van der Waals surface area contributed by atoms with E-state index in [1.165, 1.54) is 6.07 Å². The quantitative estimate of drug-likeness (QED) is 0.341. The van der Waals surface area contributed by atoms with Crippen LogP contribution in [0, 0.1) is 10.1 Å². The van der Waals surface area contributed by atoms with Crippen molar-refractivity contribution in [2.75, 3.05) is 5.73 Å². The fourth-order valence-electron chi connectivity index (χ4n) is 1.93. The van der Waals surface area contributed by atoms with Gasteiger partial charge in [-0.25, -0.2) is 4.79 Å². The van der Waals surface area contributed by atoms with Crippen molar-refractivity contribution in [3.05, 3.63) is 33.4 Å².